The Kier molecular flexibility index (Phi) is 5.93. The highest BCUT2D eigenvalue weighted by Gasteiger charge is 2.43. The van der Waals surface area contributed by atoms with E-state index in [4.69, 9.17) is 14.2 Å². The van der Waals surface area contributed by atoms with Gasteiger partial charge in [-0.2, -0.15) is 4.39 Å². The average Bonchev–Trinajstić information content (AvgIpc) is 3.15. The van der Waals surface area contributed by atoms with Crippen molar-refractivity contribution in [2.75, 3.05) is 19.8 Å². The Hall–Kier alpha value is -1.20. The van der Waals surface area contributed by atoms with Gasteiger partial charge in [0.2, 0.25) is 5.82 Å². The molecule has 0 radical (unpaired) electrons. The summed E-state index contributed by atoms with van der Waals surface area (Å²) in [5.74, 6) is -0.0677. The van der Waals surface area contributed by atoms with E-state index in [1.807, 2.05) is 0 Å². The molecule has 0 N–H and O–H groups in total. The van der Waals surface area contributed by atoms with Gasteiger partial charge in [0.05, 0.1) is 19.8 Å². The second kappa shape index (κ2) is 8.27. The molecular formula is C23H32F2O3. The topological polar surface area (TPSA) is 27.7 Å². The number of rotatable bonds is 4. The predicted molar refractivity (Wildman–Crippen MR) is 103 cm³/mol. The van der Waals surface area contributed by atoms with Crippen molar-refractivity contribution in [3.8, 4) is 5.75 Å². The summed E-state index contributed by atoms with van der Waals surface area (Å²) in [5, 5.41) is 0. The Balaban J connectivity index is 1.39. The van der Waals surface area contributed by atoms with Gasteiger partial charge in [0, 0.05) is 12.8 Å². The molecule has 2 aliphatic carbocycles. The molecule has 156 valence electrons. The number of benzene rings is 1. The van der Waals surface area contributed by atoms with Crippen LogP contribution in [0, 0.1) is 29.4 Å². The zero-order chi connectivity index (χ0) is 19.7. The summed E-state index contributed by atoms with van der Waals surface area (Å²) >= 11 is 0. The zero-order valence-electron chi connectivity index (χ0n) is 17.0. The van der Waals surface area contributed by atoms with Gasteiger partial charge in [-0.05, 0) is 74.3 Å². The van der Waals surface area contributed by atoms with Gasteiger partial charge in [0.1, 0.15) is 0 Å². The third-order valence-electron chi connectivity index (χ3n) is 7.26. The minimum Gasteiger partial charge on any atom is -0.491 e. The molecule has 1 aromatic carbocycles. The first-order valence-corrected chi connectivity index (χ1v) is 10.9. The maximum absolute atomic E-state index is 14.7. The van der Waals surface area contributed by atoms with Crippen LogP contribution in [-0.2, 0) is 9.47 Å². The van der Waals surface area contributed by atoms with E-state index in [9.17, 15) is 8.78 Å². The summed E-state index contributed by atoms with van der Waals surface area (Å²) in [6.45, 7) is 5.73. The molecule has 3 atom stereocenters. The van der Waals surface area contributed by atoms with Crippen LogP contribution >= 0.6 is 0 Å². The highest BCUT2D eigenvalue weighted by molar-refractivity contribution is 5.33. The zero-order valence-corrected chi connectivity index (χ0v) is 17.0. The monoisotopic (exact) mass is 394 g/mol. The van der Waals surface area contributed by atoms with Gasteiger partial charge in [0.25, 0.3) is 0 Å². The van der Waals surface area contributed by atoms with E-state index in [2.05, 4.69) is 6.92 Å². The van der Waals surface area contributed by atoms with E-state index in [1.165, 1.54) is 0 Å². The van der Waals surface area contributed by atoms with Crippen molar-refractivity contribution in [3.63, 3.8) is 0 Å². The third kappa shape index (κ3) is 3.80. The average molecular weight is 395 g/mol. The summed E-state index contributed by atoms with van der Waals surface area (Å²) in [6, 6.07) is 3.31. The van der Waals surface area contributed by atoms with E-state index in [-0.39, 0.29) is 17.5 Å². The highest BCUT2D eigenvalue weighted by Crippen LogP contribution is 2.49. The lowest BCUT2D eigenvalue weighted by Crippen LogP contribution is -2.38. The molecular weight excluding hydrogens is 362 g/mol. The Morgan fingerprint density at radius 3 is 2.36 bits per heavy atom. The van der Waals surface area contributed by atoms with E-state index >= 15 is 0 Å². The SMILES string of the molecule is CCOc1ccc(C2CCC(C3CCC4(CC3)OCCO4)CC2C)c(F)c1F. The van der Waals surface area contributed by atoms with Gasteiger partial charge < -0.3 is 14.2 Å². The maximum Gasteiger partial charge on any atom is 0.200 e. The highest BCUT2D eigenvalue weighted by atomic mass is 19.2. The van der Waals surface area contributed by atoms with E-state index in [0.717, 1.165) is 58.2 Å². The smallest absolute Gasteiger partial charge is 0.200 e. The van der Waals surface area contributed by atoms with Crippen LogP contribution in [0.1, 0.15) is 70.3 Å². The lowest BCUT2D eigenvalue weighted by molar-refractivity contribution is -0.185. The van der Waals surface area contributed by atoms with Gasteiger partial charge in [-0.15, -0.1) is 0 Å². The van der Waals surface area contributed by atoms with Crippen LogP contribution in [0.4, 0.5) is 8.78 Å². The molecule has 1 aromatic rings. The summed E-state index contributed by atoms with van der Waals surface area (Å²) in [6.07, 6.45) is 7.36. The summed E-state index contributed by atoms with van der Waals surface area (Å²) in [7, 11) is 0. The standard InChI is InChI=1S/C23H32F2O3/c1-3-26-20-7-6-19(21(24)22(20)25)18-5-4-17(14-15(18)2)16-8-10-23(11-9-16)27-12-13-28-23/h6-7,15-18H,3-5,8-14H2,1-2H3. The van der Waals surface area contributed by atoms with Crippen molar-refractivity contribution < 1.29 is 23.0 Å². The number of hydrogen-bond donors (Lipinski definition) is 0. The van der Waals surface area contributed by atoms with Crippen LogP contribution < -0.4 is 4.74 Å². The molecule has 5 heteroatoms. The Labute approximate surface area is 166 Å². The van der Waals surface area contributed by atoms with Gasteiger partial charge in [0.15, 0.2) is 17.4 Å². The summed E-state index contributed by atoms with van der Waals surface area (Å²) in [5.41, 5.74) is 0.516. The largest absolute Gasteiger partial charge is 0.491 e. The third-order valence-corrected chi connectivity index (χ3v) is 7.26. The molecule has 3 unspecified atom stereocenters. The molecule has 3 fully saturated rings. The molecule has 2 saturated carbocycles. The summed E-state index contributed by atoms with van der Waals surface area (Å²) < 4.78 is 45.9. The first-order chi connectivity index (χ1) is 13.5. The van der Waals surface area contributed by atoms with E-state index in [0.29, 0.717) is 29.9 Å². The van der Waals surface area contributed by atoms with Crippen LogP contribution in [0.15, 0.2) is 12.1 Å². The predicted octanol–water partition coefficient (Wildman–Crippen LogP) is 5.82. The lowest BCUT2D eigenvalue weighted by Gasteiger charge is -2.43. The second-order valence-corrected chi connectivity index (χ2v) is 8.82. The van der Waals surface area contributed by atoms with Gasteiger partial charge in [-0.25, -0.2) is 4.39 Å². The first kappa shape index (κ1) is 20.1. The van der Waals surface area contributed by atoms with E-state index < -0.39 is 11.6 Å². The van der Waals surface area contributed by atoms with Crippen LogP contribution in [0.3, 0.4) is 0 Å². The van der Waals surface area contributed by atoms with Crippen molar-refractivity contribution >= 4 is 0 Å². The molecule has 0 amide bonds. The van der Waals surface area contributed by atoms with E-state index in [1.54, 1.807) is 19.1 Å². The maximum atomic E-state index is 14.7. The molecule has 0 aromatic heterocycles. The fourth-order valence-electron chi connectivity index (χ4n) is 5.77. The van der Waals surface area contributed by atoms with Crippen molar-refractivity contribution in [2.45, 2.75) is 70.5 Å². The number of halogens is 2. The molecule has 3 nitrogen and oxygen atoms in total. The summed E-state index contributed by atoms with van der Waals surface area (Å²) in [4.78, 5) is 0. The Morgan fingerprint density at radius 1 is 1.00 bits per heavy atom. The first-order valence-electron chi connectivity index (χ1n) is 10.9. The molecule has 28 heavy (non-hydrogen) atoms. The second-order valence-electron chi connectivity index (χ2n) is 8.82. The van der Waals surface area contributed by atoms with Crippen LogP contribution in [0.25, 0.3) is 0 Å². The Bertz CT molecular complexity index is 677. The fraction of sp³-hybridized carbons (Fsp3) is 0.739. The van der Waals surface area contributed by atoms with Crippen molar-refractivity contribution in [1.29, 1.82) is 0 Å². The number of hydrogen-bond acceptors (Lipinski definition) is 3. The van der Waals surface area contributed by atoms with Gasteiger partial charge >= 0.3 is 0 Å². The molecule has 1 aliphatic heterocycles. The van der Waals surface area contributed by atoms with Crippen LogP contribution in [0.2, 0.25) is 0 Å². The molecule has 0 bridgehead atoms. The quantitative estimate of drug-likeness (QED) is 0.644. The Morgan fingerprint density at radius 2 is 1.71 bits per heavy atom. The number of ether oxygens (including phenoxy) is 3. The normalized spacial score (nSPS) is 30.6. The molecule has 1 heterocycles. The fourth-order valence-corrected chi connectivity index (χ4v) is 5.77. The van der Waals surface area contributed by atoms with Crippen molar-refractivity contribution in [2.24, 2.45) is 17.8 Å². The molecule has 1 saturated heterocycles. The van der Waals surface area contributed by atoms with Crippen LogP contribution in [0.5, 0.6) is 5.75 Å². The van der Waals surface area contributed by atoms with Crippen molar-refractivity contribution in [3.05, 3.63) is 29.3 Å². The van der Waals surface area contributed by atoms with Gasteiger partial charge in [-0.1, -0.05) is 13.0 Å². The van der Waals surface area contributed by atoms with Crippen molar-refractivity contribution in [1.82, 2.24) is 0 Å². The lowest BCUT2D eigenvalue weighted by atomic mass is 9.65. The molecule has 1 spiro atoms. The molecule has 4 rings (SSSR count). The minimum absolute atomic E-state index is 0.0116. The molecule has 3 aliphatic rings. The van der Waals surface area contributed by atoms with Crippen LogP contribution in [-0.4, -0.2) is 25.6 Å². The van der Waals surface area contributed by atoms with Gasteiger partial charge in [-0.3, -0.25) is 0 Å². The minimum atomic E-state index is -0.845.